The Kier molecular flexibility index (Phi) is 6.42. The number of anilines is 1. The average molecular weight is 497 g/mol. The number of halogens is 3. The summed E-state index contributed by atoms with van der Waals surface area (Å²) < 4.78 is 49.1. The van der Waals surface area contributed by atoms with Crippen molar-refractivity contribution in [2.75, 3.05) is 5.32 Å². The molecular formula is C25H22F3N5O3. The summed E-state index contributed by atoms with van der Waals surface area (Å²) in [5, 5.41) is 5.56. The fourth-order valence-corrected chi connectivity index (χ4v) is 4.64. The van der Waals surface area contributed by atoms with Gasteiger partial charge in [-0.15, -0.1) is 0 Å². The van der Waals surface area contributed by atoms with Crippen molar-refractivity contribution in [3.8, 4) is 11.3 Å². The first kappa shape index (κ1) is 23.9. The lowest BCUT2D eigenvalue weighted by atomic mass is 9.86. The van der Waals surface area contributed by atoms with Crippen LogP contribution in [0.2, 0.25) is 0 Å². The van der Waals surface area contributed by atoms with Crippen LogP contribution in [0.5, 0.6) is 0 Å². The number of ether oxygens (including phenoxy) is 1. The maximum absolute atomic E-state index is 14.4. The number of amides is 2. The van der Waals surface area contributed by atoms with Crippen LogP contribution < -0.4 is 16.4 Å². The Morgan fingerprint density at radius 3 is 2.67 bits per heavy atom. The number of rotatable bonds is 4. The van der Waals surface area contributed by atoms with Gasteiger partial charge in [0, 0.05) is 24.2 Å². The summed E-state index contributed by atoms with van der Waals surface area (Å²) in [7, 11) is 0. The Hall–Kier alpha value is -3.83. The number of carbonyl (C=O) groups excluding carboxylic acids is 2. The fourth-order valence-electron chi connectivity index (χ4n) is 4.64. The molecule has 4 N–H and O–H groups in total. The Labute approximate surface area is 204 Å². The first-order valence-electron chi connectivity index (χ1n) is 11.4. The predicted octanol–water partition coefficient (Wildman–Crippen LogP) is 3.25. The minimum Gasteiger partial charge on any atom is -0.368 e. The van der Waals surface area contributed by atoms with Gasteiger partial charge in [0.15, 0.2) is 0 Å². The number of nitrogens with two attached hydrogens (primary N) is 1. The molecule has 11 heteroatoms. The number of benzene rings is 1. The van der Waals surface area contributed by atoms with Gasteiger partial charge in [-0.2, -0.15) is 0 Å². The van der Waals surface area contributed by atoms with E-state index < -0.39 is 40.7 Å². The van der Waals surface area contributed by atoms with E-state index in [1.807, 2.05) is 0 Å². The third-order valence-corrected chi connectivity index (χ3v) is 6.40. The molecule has 186 valence electrons. The second kappa shape index (κ2) is 9.67. The molecule has 2 saturated heterocycles. The molecule has 8 nitrogen and oxygen atoms in total. The van der Waals surface area contributed by atoms with Crippen LogP contribution in [0.4, 0.5) is 18.9 Å². The fraction of sp³-hybridized carbons (Fsp3) is 0.280. The van der Waals surface area contributed by atoms with Gasteiger partial charge in [0.25, 0.3) is 5.91 Å². The number of hydrogen-bond acceptors (Lipinski definition) is 6. The number of aromatic nitrogens is 2. The molecule has 4 heterocycles. The first-order valence-corrected chi connectivity index (χ1v) is 11.4. The summed E-state index contributed by atoms with van der Waals surface area (Å²) in [5.41, 5.74) is 5.74. The molecule has 3 aromatic rings. The number of nitrogens with one attached hydrogen (secondary N) is 2. The van der Waals surface area contributed by atoms with Crippen LogP contribution in [0.3, 0.4) is 0 Å². The first-order chi connectivity index (χ1) is 17.3. The summed E-state index contributed by atoms with van der Waals surface area (Å²) in [4.78, 5) is 32.7. The highest BCUT2D eigenvalue weighted by Crippen LogP contribution is 2.37. The highest BCUT2D eigenvalue weighted by Gasteiger charge is 2.41. The van der Waals surface area contributed by atoms with Crippen LogP contribution in [0.25, 0.3) is 11.3 Å². The number of pyridine rings is 2. The van der Waals surface area contributed by atoms with E-state index in [-0.39, 0.29) is 29.8 Å². The molecule has 1 aromatic carbocycles. The van der Waals surface area contributed by atoms with Gasteiger partial charge in [-0.3, -0.25) is 14.6 Å². The lowest BCUT2D eigenvalue weighted by Crippen LogP contribution is -2.61. The minimum absolute atomic E-state index is 0.0629. The normalized spacial score (nSPS) is 23.5. The molecule has 4 atom stereocenters. The predicted molar refractivity (Wildman–Crippen MR) is 123 cm³/mol. The molecule has 4 unspecified atom stereocenters. The van der Waals surface area contributed by atoms with E-state index in [2.05, 4.69) is 20.6 Å². The Balaban J connectivity index is 1.40. The smallest absolute Gasteiger partial charge is 0.274 e. The molecule has 2 aliphatic heterocycles. The molecule has 0 bridgehead atoms. The van der Waals surface area contributed by atoms with E-state index in [4.69, 9.17) is 10.5 Å². The van der Waals surface area contributed by atoms with Crippen molar-refractivity contribution in [3.63, 3.8) is 0 Å². The van der Waals surface area contributed by atoms with E-state index in [0.29, 0.717) is 30.5 Å². The average Bonchev–Trinajstić information content (AvgIpc) is 2.85. The SMILES string of the molecule is NC1CC(c2ccncc2NC(=O)c2ccc(F)c(-c3c(F)cccc3F)n2)OC2CCC(=O)NC12. The zero-order valence-electron chi connectivity index (χ0n) is 18.9. The van der Waals surface area contributed by atoms with Crippen LogP contribution in [0, 0.1) is 17.5 Å². The van der Waals surface area contributed by atoms with E-state index in [9.17, 15) is 22.8 Å². The summed E-state index contributed by atoms with van der Waals surface area (Å²) in [6.07, 6.45) is 3.48. The van der Waals surface area contributed by atoms with Gasteiger partial charge in [0.1, 0.15) is 28.8 Å². The molecule has 5 rings (SSSR count). The van der Waals surface area contributed by atoms with Crippen molar-refractivity contribution in [1.29, 1.82) is 0 Å². The molecule has 0 saturated carbocycles. The van der Waals surface area contributed by atoms with Gasteiger partial charge >= 0.3 is 0 Å². The number of fused-ring (bicyclic) bond motifs is 1. The van der Waals surface area contributed by atoms with Crippen LogP contribution in [0.1, 0.15) is 41.4 Å². The zero-order chi connectivity index (χ0) is 25.4. The third kappa shape index (κ3) is 4.54. The summed E-state index contributed by atoms with van der Waals surface area (Å²) >= 11 is 0. The number of nitrogens with zero attached hydrogens (tertiary/aromatic N) is 2. The summed E-state index contributed by atoms with van der Waals surface area (Å²) in [5.74, 6) is -3.78. The highest BCUT2D eigenvalue weighted by molar-refractivity contribution is 6.03. The minimum atomic E-state index is -1.00. The van der Waals surface area contributed by atoms with Gasteiger partial charge in [0.05, 0.1) is 35.7 Å². The lowest BCUT2D eigenvalue weighted by molar-refractivity contribution is -0.136. The largest absolute Gasteiger partial charge is 0.368 e. The van der Waals surface area contributed by atoms with Crippen LogP contribution in [-0.4, -0.2) is 40.0 Å². The molecule has 2 aliphatic rings. The molecule has 0 aliphatic carbocycles. The van der Waals surface area contributed by atoms with Crippen molar-refractivity contribution in [2.24, 2.45) is 5.73 Å². The highest BCUT2D eigenvalue weighted by atomic mass is 19.1. The Morgan fingerprint density at radius 1 is 1.11 bits per heavy atom. The monoisotopic (exact) mass is 497 g/mol. The summed E-state index contributed by atoms with van der Waals surface area (Å²) in [6, 6.07) is 6.19. The van der Waals surface area contributed by atoms with Gasteiger partial charge in [-0.05, 0) is 43.2 Å². The van der Waals surface area contributed by atoms with Gasteiger partial charge < -0.3 is 21.1 Å². The molecular weight excluding hydrogens is 475 g/mol. The quantitative estimate of drug-likeness (QED) is 0.509. The van der Waals surface area contributed by atoms with Crippen LogP contribution in [-0.2, 0) is 9.53 Å². The van der Waals surface area contributed by atoms with Crippen molar-refractivity contribution >= 4 is 17.5 Å². The molecule has 0 spiro atoms. The number of carbonyl (C=O) groups is 2. The molecule has 0 radical (unpaired) electrons. The Morgan fingerprint density at radius 2 is 1.89 bits per heavy atom. The standard InChI is InChI=1S/C25H22F3N5O3/c26-13-2-1-3-14(27)22(13)23-15(28)4-5-17(31-23)25(35)32-18-11-30-9-8-12(18)20-10-16(29)24-19(36-20)6-7-21(34)33-24/h1-5,8-9,11,16,19-20,24H,6-7,10,29H2,(H,32,35)(H,33,34). The van der Waals surface area contributed by atoms with Crippen molar-refractivity contribution in [1.82, 2.24) is 15.3 Å². The molecule has 2 aromatic heterocycles. The Bertz CT molecular complexity index is 1320. The lowest BCUT2D eigenvalue weighted by Gasteiger charge is -2.43. The van der Waals surface area contributed by atoms with E-state index in [0.717, 1.165) is 30.3 Å². The second-order valence-corrected chi connectivity index (χ2v) is 8.74. The van der Waals surface area contributed by atoms with Crippen molar-refractivity contribution in [2.45, 2.75) is 43.6 Å². The van der Waals surface area contributed by atoms with Gasteiger partial charge in [-0.25, -0.2) is 18.2 Å². The molecule has 36 heavy (non-hydrogen) atoms. The van der Waals surface area contributed by atoms with E-state index in [1.165, 1.54) is 6.20 Å². The maximum Gasteiger partial charge on any atom is 0.274 e. The van der Waals surface area contributed by atoms with Crippen LogP contribution >= 0.6 is 0 Å². The van der Waals surface area contributed by atoms with Crippen LogP contribution in [0.15, 0.2) is 48.8 Å². The molecule has 2 fully saturated rings. The summed E-state index contributed by atoms with van der Waals surface area (Å²) in [6.45, 7) is 0. The van der Waals surface area contributed by atoms with Crippen molar-refractivity contribution in [3.05, 3.63) is 77.5 Å². The zero-order valence-corrected chi connectivity index (χ0v) is 18.9. The van der Waals surface area contributed by atoms with E-state index >= 15 is 0 Å². The topological polar surface area (TPSA) is 119 Å². The maximum atomic E-state index is 14.4. The molecule has 2 amide bonds. The number of piperidine rings is 1. The number of hydrogen-bond donors (Lipinski definition) is 3. The van der Waals surface area contributed by atoms with Crippen molar-refractivity contribution < 1.29 is 27.5 Å². The van der Waals surface area contributed by atoms with Gasteiger partial charge in [-0.1, -0.05) is 6.07 Å². The van der Waals surface area contributed by atoms with E-state index in [1.54, 1.807) is 12.3 Å². The third-order valence-electron chi connectivity index (χ3n) is 6.40. The van der Waals surface area contributed by atoms with Gasteiger partial charge in [0.2, 0.25) is 5.91 Å². The second-order valence-electron chi connectivity index (χ2n) is 8.74.